The summed E-state index contributed by atoms with van der Waals surface area (Å²) in [5, 5.41) is 8.52. The molecule has 2 fully saturated rings. The van der Waals surface area contributed by atoms with Gasteiger partial charge in [-0.3, -0.25) is 0 Å². The summed E-state index contributed by atoms with van der Waals surface area (Å²) in [6.07, 6.45) is 10.7. The van der Waals surface area contributed by atoms with Crippen LogP contribution in [-0.4, -0.2) is 12.7 Å². The molecule has 0 bridgehead atoms. The first-order valence-corrected chi connectivity index (χ1v) is 11.3. The van der Waals surface area contributed by atoms with Crippen molar-refractivity contribution in [3.05, 3.63) is 47.5 Å². The Labute approximate surface area is 178 Å². The smallest absolute Gasteiger partial charge is 0.378 e. The van der Waals surface area contributed by atoms with Crippen LogP contribution in [0.4, 0.5) is 13.2 Å². The van der Waals surface area contributed by atoms with Gasteiger partial charge in [0.1, 0.15) is 0 Å². The Kier molecular flexibility index (Phi) is 8.39. The molecule has 0 saturated heterocycles. The van der Waals surface area contributed by atoms with E-state index < -0.39 is 11.7 Å². The number of hydrogen-bond acceptors (Lipinski definition) is 2. The second kappa shape index (κ2) is 11.0. The molecule has 2 aliphatic rings. The lowest BCUT2D eigenvalue weighted by atomic mass is 9.79. The van der Waals surface area contributed by atoms with E-state index in [0.717, 1.165) is 63.0 Å². The van der Waals surface area contributed by atoms with Crippen LogP contribution in [-0.2, 0) is 10.9 Å². The first kappa shape index (κ1) is 22.9. The molecule has 164 valence electrons. The number of benzene rings is 1. The Hall–Kier alpha value is -1.80. The van der Waals surface area contributed by atoms with Crippen LogP contribution in [0.2, 0.25) is 0 Å². The topological polar surface area (TPSA) is 33.0 Å². The molecule has 0 spiro atoms. The number of alkyl halides is 3. The number of allylic oxidation sites excluding steroid dienone is 2. The number of rotatable bonds is 7. The molecular formula is C25H32F3NO. The van der Waals surface area contributed by atoms with E-state index in [1.54, 1.807) is 18.2 Å². The van der Waals surface area contributed by atoms with Crippen molar-refractivity contribution >= 4 is 0 Å². The molecule has 0 heterocycles. The number of ether oxygens (including phenoxy) is 1. The third-order valence-corrected chi connectivity index (χ3v) is 6.85. The lowest BCUT2D eigenvalue weighted by Gasteiger charge is -2.32. The van der Waals surface area contributed by atoms with E-state index in [1.165, 1.54) is 31.4 Å². The molecular weight excluding hydrogens is 387 g/mol. The summed E-state index contributed by atoms with van der Waals surface area (Å²) >= 11 is 0. The Balaban J connectivity index is 1.33. The highest BCUT2D eigenvalue weighted by Gasteiger charge is 2.31. The lowest BCUT2D eigenvalue weighted by molar-refractivity contribution is -0.137. The standard InChI is InChI=1S/C25H32F3NO/c26-25(27,28)23-13-11-22(12-14-23)21-9-5-20(6-10-21)18-30-24-15-7-19(8-16-24)4-2-1-3-17-29/h1,3,11-14,19-21,24H,2,4-10,15-16,18H2/b3-1+. The van der Waals surface area contributed by atoms with E-state index in [1.807, 2.05) is 12.1 Å². The van der Waals surface area contributed by atoms with Crippen molar-refractivity contribution < 1.29 is 17.9 Å². The number of nitriles is 1. The minimum Gasteiger partial charge on any atom is -0.378 e. The van der Waals surface area contributed by atoms with Crippen LogP contribution in [0, 0.1) is 23.2 Å². The van der Waals surface area contributed by atoms with Crippen LogP contribution in [0.3, 0.4) is 0 Å². The predicted octanol–water partition coefficient (Wildman–Crippen LogP) is 7.41. The molecule has 0 aliphatic heterocycles. The van der Waals surface area contributed by atoms with Crippen molar-refractivity contribution in [1.29, 1.82) is 5.26 Å². The summed E-state index contributed by atoms with van der Waals surface area (Å²) in [6, 6.07) is 7.76. The molecule has 5 heteroatoms. The van der Waals surface area contributed by atoms with Gasteiger partial charge in [0.05, 0.1) is 17.7 Å². The normalized spacial score (nSPS) is 27.8. The van der Waals surface area contributed by atoms with Crippen molar-refractivity contribution in [3.8, 4) is 6.07 Å². The average molecular weight is 420 g/mol. The molecule has 30 heavy (non-hydrogen) atoms. The number of nitrogens with zero attached hydrogens (tertiary/aromatic N) is 1. The maximum absolute atomic E-state index is 12.7. The summed E-state index contributed by atoms with van der Waals surface area (Å²) in [6.45, 7) is 0.819. The molecule has 1 aromatic carbocycles. The van der Waals surface area contributed by atoms with E-state index in [2.05, 4.69) is 0 Å². The molecule has 1 aromatic rings. The summed E-state index contributed by atoms with van der Waals surface area (Å²) in [5.74, 6) is 1.70. The van der Waals surface area contributed by atoms with Gasteiger partial charge in [-0.05, 0) is 99.7 Å². The van der Waals surface area contributed by atoms with Gasteiger partial charge in [-0.25, -0.2) is 0 Å². The SMILES string of the molecule is N#C/C=C/CCC1CCC(OCC2CCC(c3ccc(C(F)(F)F)cc3)CC2)CC1. The van der Waals surface area contributed by atoms with Crippen LogP contribution in [0.1, 0.15) is 81.3 Å². The van der Waals surface area contributed by atoms with Gasteiger partial charge in [0.25, 0.3) is 0 Å². The predicted molar refractivity (Wildman–Crippen MR) is 112 cm³/mol. The third-order valence-electron chi connectivity index (χ3n) is 6.85. The van der Waals surface area contributed by atoms with Crippen molar-refractivity contribution in [3.63, 3.8) is 0 Å². The van der Waals surface area contributed by atoms with Crippen molar-refractivity contribution in [1.82, 2.24) is 0 Å². The number of halogens is 3. The fourth-order valence-corrected chi connectivity index (χ4v) is 4.93. The van der Waals surface area contributed by atoms with Gasteiger partial charge in [0, 0.05) is 12.7 Å². The first-order chi connectivity index (χ1) is 14.5. The molecule has 2 aliphatic carbocycles. The second-order valence-electron chi connectivity index (χ2n) is 8.92. The van der Waals surface area contributed by atoms with E-state index in [9.17, 15) is 13.2 Å². The van der Waals surface area contributed by atoms with Gasteiger partial charge >= 0.3 is 6.18 Å². The molecule has 3 rings (SSSR count). The molecule has 0 N–H and O–H groups in total. The van der Waals surface area contributed by atoms with Gasteiger partial charge in [0.15, 0.2) is 0 Å². The van der Waals surface area contributed by atoms with E-state index in [4.69, 9.17) is 10.00 Å². The van der Waals surface area contributed by atoms with E-state index in [0.29, 0.717) is 17.9 Å². The Morgan fingerprint density at radius 3 is 2.17 bits per heavy atom. The van der Waals surface area contributed by atoms with E-state index in [-0.39, 0.29) is 0 Å². The molecule has 2 nitrogen and oxygen atoms in total. The molecule has 0 atom stereocenters. The average Bonchev–Trinajstić information content (AvgIpc) is 2.76. The van der Waals surface area contributed by atoms with Gasteiger partial charge < -0.3 is 4.74 Å². The summed E-state index contributed by atoms with van der Waals surface area (Å²) in [5.41, 5.74) is 0.465. The van der Waals surface area contributed by atoms with E-state index >= 15 is 0 Å². The maximum Gasteiger partial charge on any atom is 0.416 e. The summed E-state index contributed by atoms with van der Waals surface area (Å²) in [4.78, 5) is 0. The van der Waals surface area contributed by atoms with Gasteiger partial charge in [-0.1, -0.05) is 18.2 Å². The van der Waals surface area contributed by atoms with Crippen LogP contribution < -0.4 is 0 Å². The summed E-state index contributed by atoms with van der Waals surface area (Å²) < 4.78 is 44.4. The van der Waals surface area contributed by atoms with Crippen molar-refractivity contribution in [2.75, 3.05) is 6.61 Å². The van der Waals surface area contributed by atoms with Crippen molar-refractivity contribution in [2.45, 2.75) is 82.4 Å². The third kappa shape index (κ3) is 6.87. The highest BCUT2D eigenvalue weighted by molar-refractivity contribution is 5.27. The Bertz CT molecular complexity index is 703. The number of hydrogen-bond donors (Lipinski definition) is 0. The van der Waals surface area contributed by atoms with Gasteiger partial charge in [0.2, 0.25) is 0 Å². The highest BCUT2D eigenvalue weighted by Crippen LogP contribution is 2.38. The largest absolute Gasteiger partial charge is 0.416 e. The quantitative estimate of drug-likeness (QED) is 0.431. The molecule has 0 aromatic heterocycles. The van der Waals surface area contributed by atoms with Crippen LogP contribution >= 0.6 is 0 Å². The molecule has 0 radical (unpaired) electrons. The Morgan fingerprint density at radius 1 is 0.933 bits per heavy atom. The molecule has 0 unspecified atom stereocenters. The maximum atomic E-state index is 12.7. The minimum atomic E-state index is -4.26. The fourth-order valence-electron chi connectivity index (χ4n) is 4.93. The monoisotopic (exact) mass is 419 g/mol. The zero-order valence-electron chi connectivity index (χ0n) is 17.5. The molecule has 2 saturated carbocycles. The summed E-state index contributed by atoms with van der Waals surface area (Å²) in [7, 11) is 0. The zero-order valence-corrected chi connectivity index (χ0v) is 17.5. The fraction of sp³-hybridized carbons (Fsp3) is 0.640. The minimum absolute atomic E-state index is 0.369. The van der Waals surface area contributed by atoms with Crippen molar-refractivity contribution in [2.24, 2.45) is 11.8 Å². The Morgan fingerprint density at radius 2 is 1.57 bits per heavy atom. The van der Waals surface area contributed by atoms with Crippen LogP contribution in [0.5, 0.6) is 0 Å². The van der Waals surface area contributed by atoms with Crippen LogP contribution in [0.15, 0.2) is 36.4 Å². The first-order valence-electron chi connectivity index (χ1n) is 11.3. The lowest BCUT2D eigenvalue weighted by Crippen LogP contribution is -2.25. The molecule has 0 amide bonds. The second-order valence-corrected chi connectivity index (χ2v) is 8.92. The zero-order chi connectivity index (χ0) is 21.4. The van der Waals surface area contributed by atoms with Gasteiger partial charge in [-0.15, -0.1) is 0 Å². The van der Waals surface area contributed by atoms with Crippen LogP contribution in [0.25, 0.3) is 0 Å². The highest BCUT2D eigenvalue weighted by atomic mass is 19.4. The van der Waals surface area contributed by atoms with Gasteiger partial charge in [-0.2, -0.15) is 18.4 Å².